The molecule has 0 saturated carbocycles. The molecule has 0 unspecified atom stereocenters. The Hall–Kier alpha value is -3.92. The zero-order chi connectivity index (χ0) is 24.0. The lowest BCUT2D eigenvalue weighted by atomic mass is 10.2. The molecule has 0 aliphatic heterocycles. The minimum atomic E-state index is -4.24. The lowest BCUT2D eigenvalue weighted by Crippen LogP contribution is -2.40. The molecule has 0 bridgehead atoms. The van der Waals surface area contributed by atoms with E-state index < -0.39 is 28.3 Å². The van der Waals surface area contributed by atoms with Crippen LogP contribution in [0.25, 0.3) is 0 Å². The number of halogens is 1. The third-order valence-electron chi connectivity index (χ3n) is 4.62. The number of amides is 1. The number of sulfonamides is 1. The van der Waals surface area contributed by atoms with E-state index in [0.717, 1.165) is 11.6 Å². The maximum Gasteiger partial charge on any atom is 0.264 e. The number of anilines is 1. The smallest absolute Gasteiger partial charge is 0.264 e. The summed E-state index contributed by atoms with van der Waals surface area (Å²) in [6.45, 7) is 1.10. The molecule has 2 N–H and O–H groups in total. The summed E-state index contributed by atoms with van der Waals surface area (Å²) in [6.07, 6.45) is 1.29. The predicted molar refractivity (Wildman–Crippen MR) is 123 cm³/mol. The number of para-hydroxylation sites is 1. The second kappa shape index (κ2) is 10.1. The Labute approximate surface area is 191 Å². The van der Waals surface area contributed by atoms with Gasteiger partial charge in [-0.1, -0.05) is 29.8 Å². The van der Waals surface area contributed by atoms with Crippen molar-refractivity contribution in [3.8, 4) is 11.5 Å². The fraction of sp³-hybridized carbons (Fsp3) is 0.130. The lowest BCUT2D eigenvalue weighted by Gasteiger charge is -2.24. The molecule has 33 heavy (non-hydrogen) atoms. The van der Waals surface area contributed by atoms with Gasteiger partial charge >= 0.3 is 0 Å². The van der Waals surface area contributed by atoms with Crippen LogP contribution in [0.2, 0.25) is 0 Å². The molecule has 8 nitrogen and oxygen atoms in total. The number of carbonyl (C=O) groups is 1. The van der Waals surface area contributed by atoms with E-state index in [2.05, 4.69) is 10.5 Å². The van der Waals surface area contributed by atoms with Crippen LogP contribution in [0.5, 0.6) is 11.5 Å². The molecule has 10 heteroatoms. The van der Waals surface area contributed by atoms with Gasteiger partial charge in [-0.3, -0.25) is 9.10 Å². The topological polar surface area (TPSA) is 108 Å². The van der Waals surface area contributed by atoms with E-state index >= 15 is 0 Å². The van der Waals surface area contributed by atoms with Gasteiger partial charge in [0.2, 0.25) is 0 Å². The van der Waals surface area contributed by atoms with Crippen LogP contribution in [0.15, 0.2) is 76.7 Å². The summed E-state index contributed by atoms with van der Waals surface area (Å²) < 4.78 is 46.6. The first kappa shape index (κ1) is 23.7. The Morgan fingerprint density at radius 2 is 1.85 bits per heavy atom. The van der Waals surface area contributed by atoms with Gasteiger partial charge in [-0.2, -0.15) is 5.10 Å². The number of carbonyl (C=O) groups excluding carboxylic acids is 1. The van der Waals surface area contributed by atoms with Crippen LogP contribution in [0.4, 0.5) is 10.1 Å². The number of ether oxygens (including phenoxy) is 1. The average Bonchev–Trinajstić information content (AvgIpc) is 2.79. The van der Waals surface area contributed by atoms with E-state index in [1.807, 2.05) is 0 Å². The van der Waals surface area contributed by atoms with Crippen LogP contribution >= 0.6 is 0 Å². The van der Waals surface area contributed by atoms with E-state index in [1.165, 1.54) is 55.8 Å². The maximum atomic E-state index is 14.5. The van der Waals surface area contributed by atoms with Crippen LogP contribution in [0.1, 0.15) is 11.1 Å². The van der Waals surface area contributed by atoms with Gasteiger partial charge in [-0.15, -0.1) is 0 Å². The number of methoxy groups -OCH3 is 1. The summed E-state index contributed by atoms with van der Waals surface area (Å²) in [4.78, 5) is 12.4. The number of nitrogens with zero attached hydrogens (tertiary/aromatic N) is 2. The maximum absolute atomic E-state index is 14.5. The minimum Gasteiger partial charge on any atom is -0.504 e. The van der Waals surface area contributed by atoms with Crippen molar-refractivity contribution in [3.63, 3.8) is 0 Å². The SMILES string of the molecule is COc1cc(/C=N\NC(=O)CN(c2ccccc2F)S(=O)(=O)c2ccc(C)cc2)ccc1O. The second-order valence-electron chi connectivity index (χ2n) is 7.00. The standard InChI is InChI=1S/C23H22FN3O5S/c1-16-7-10-18(11-8-16)33(30,31)27(20-6-4-3-5-19(20)24)15-23(29)26-25-14-17-9-12-21(28)22(13-17)32-2/h3-14,28H,15H2,1-2H3,(H,26,29)/b25-14-. The molecule has 0 aromatic heterocycles. The van der Waals surface area contributed by atoms with Gasteiger partial charge in [-0.25, -0.2) is 18.2 Å². The summed E-state index contributed by atoms with van der Waals surface area (Å²) in [5, 5.41) is 13.4. The minimum absolute atomic E-state index is 0.0551. The number of aromatic hydroxyl groups is 1. The van der Waals surface area contributed by atoms with Gasteiger partial charge in [0.1, 0.15) is 12.4 Å². The highest BCUT2D eigenvalue weighted by molar-refractivity contribution is 7.92. The van der Waals surface area contributed by atoms with Crippen LogP contribution < -0.4 is 14.5 Å². The first-order valence-corrected chi connectivity index (χ1v) is 11.2. The number of benzene rings is 3. The summed E-state index contributed by atoms with van der Waals surface area (Å²) >= 11 is 0. The highest BCUT2D eigenvalue weighted by Gasteiger charge is 2.29. The Morgan fingerprint density at radius 1 is 1.15 bits per heavy atom. The van der Waals surface area contributed by atoms with Crippen molar-refractivity contribution < 1.29 is 27.4 Å². The van der Waals surface area contributed by atoms with Crippen LogP contribution in [0.3, 0.4) is 0 Å². The highest BCUT2D eigenvalue weighted by atomic mass is 32.2. The fourth-order valence-electron chi connectivity index (χ4n) is 2.91. The first-order chi connectivity index (χ1) is 15.7. The number of aryl methyl sites for hydroxylation is 1. The Morgan fingerprint density at radius 3 is 2.52 bits per heavy atom. The van der Waals surface area contributed by atoms with Crippen molar-refractivity contribution in [1.29, 1.82) is 0 Å². The summed E-state index contributed by atoms with van der Waals surface area (Å²) in [5.41, 5.74) is 3.34. The second-order valence-corrected chi connectivity index (χ2v) is 8.86. The van der Waals surface area contributed by atoms with Crippen LogP contribution in [-0.4, -0.2) is 39.3 Å². The molecule has 0 spiro atoms. The van der Waals surface area contributed by atoms with Crippen LogP contribution in [0, 0.1) is 12.7 Å². The van der Waals surface area contributed by atoms with Crippen molar-refractivity contribution in [1.82, 2.24) is 5.43 Å². The molecule has 3 aromatic carbocycles. The molecule has 172 valence electrons. The van der Waals surface area contributed by atoms with E-state index in [4.69, 9.17) is 4.74 Å². The molecule has 0 atom stereocenters. The van der Waals surface area contributed by atoms with E-state index in [-0.39, 0.29) is 22.1 Å². The van der Waals surface area contributed by atoms with Gasteiger partial charge in [0.05, 0.1) is 23.9 Å². The van der Waals surface area contributed by atoms with Crippen molar-refractivity contribution in [2.75, 3.05) is 18.0 Å². The van der Waals surface area contributed by atoms with Crippen molar-refractivity contribution in [2.24, 2.45) is 5.10 Å². The van der Waals surface area contributed by atoms with Gasteiger partial charge in [0, 0.05) is 0 Å². The molecule has 0 heterocycles. The number of nitrogens with one attached hydrogen (secondary N) is 1. The molecule has 1 amide bonds. The largest absolute Gasteiger partial charge is 0.504 e. The number of rotatable bonds is 8. The first-order valence-electron chi connectivity index (χ1n) is 9.75. The molecule has 0 radical (unpaired) electrons. The van der Waals surface area contributed by atoms with Crippen molar-refractivity contribution in [2.45, 2.75) is 11.8 Å². The van der Waals surface area contributed by atoms with E-state index in [0.29, 0.717) is 9.87 Å². The van der Waals surface area contributed by atoms with Gasteiger partial charge in [0.15, 0.2) is 11.5 Å². The molecular weight excluding hydrogens is 449 g/mol. The number of hydrogen-bond donors (Lipinski definition) is 2. The molecule has 0 saturated heterocycles. The van der Waals surface area contributed by atoms with Crippen molar-refractivity contribution >= 4 is 27.8 Å². The number of hydrogen-bond acceptors (Lipinski definition) is 6. The van der Waals surface area contributed by atoms with E-state index in [1.54, 1.807) is 25.1 Å². The molecular formula is C23H22FN3O5S. The molecule has 3 rings (SSSR count). The fourth-order valence-corrected chi connectivity index (χ4v) is 4.34. The monoisotopic (exact) mass is 471 g/mol. The molecule has 3 aromatic rings. The summed E-state index contributed by atoms with van der Waals surface area (Å²) in [5.74, 6) is -1.41. The van der Waals surface area contributed by atoms with Gasteiger partial charge in [-0.05, 0) is 55.0 Å². The molecule has 0 aliphatic rings. The molecule has 0 aliphatic carbocycles. The zero-order valence-electron chi connectivity index (χ0n) is 17.9. The molecule has 0 fully saturated rings. The third kappa shape index (κ3) is 5.66. The normalized spacial score (nSPS) is 11.4. The highest BCUT2D eigenvalue weighted by Crippen LogP contribution is 2.27. The van der Waals surface area contributed by atoms with Crippen molar-refractivity contribution in [3.05, 3.63) is 83.7 Å². The number of phenolic OH excluding ortho intramolecular Hbond substituents is 1. The third-order valence-corrected chi connectivity index (χ3v) is 6.40. The summed E-state index contributed by atoms with van der Waals surface area (Å²) in [7, 11) is -2.85. The number of hydrazone groups is 1. The number of phenols is 1. The van der Waals surface area contributed by atoms with Crippen LogP contribution in [-0.2, 0) is 14.8 Å². The van der Waals surface area contributed by atoms with E-state index in [9.17, 15) is 22.7 Å². The summed E-state index contributed by atoms with van der Waals surface area (Å²) in [6, 6.07) is 15.7. The zero-order valence-corrected chi connectivity index (χ0v) is 18.7. The quantitative estimate of drug-likeness (QED) is 0.388. The Balaban J connectivity index is 1.84. The Kier molecular flexibility index (Phi) is 7.29. The van der Waals surface area contributed by atoms with Gasteiger partial charge < -0.3 is 9.84 Å². The van der Waals surface area contributed by atoms with Gasteiger partial charge in [0.25, 0.3) is 15.9 Å². The average molecular weight is 472 g/mol. The Bertz CT molecular complexity index is 1280. The predicted octanol–water partition coefficient (Wildman–Crippen LogP) is 3.19. The lowest BCUT2D eigenvalue weighted by molar-refractivity contribution is -0.119.